The maximum Gasteiger partial charge on any atom is 0.344 e. The Labute approximate surface area is 271 Å². The zero-order valence-corrected chi connectivity index (χ0v) is 29.4. The molecule has 248 valence electrons. The Bertz CT molecular complexity index is 1580. The Morgan fingerprint density at radius 1 is 1.11 bits per heavy atom. The highest BCUT2D eigenvalue weighted by Crippen LogP contribution is 2.32. The van der Waals surface area contributed by atoms with Crippen LogP contribution >= 0.6 is 15.9 Å². The van der Waals surface area contributed by atoms with Gasteiger partial charge in [0, 0.05) is 25.7 Å². The number of sulfonamides is 1. The Kier molecular flexibility index (Phi) is 13.1. The fourth-order valence-corrected chi connectivity index (χ4v) is 7.75. The van der Waals surface area contributed by atoms with Gasteiger partial charge in [0.1, 0.15) is 18.9 Å². The van der Waals surface area contributed by atoms with Crippen LogP contribution in [0.5, 0.6) is 0 Å². The third kappa shape index (κ3) is 10.0. The van der Waals surface area contributed by atoms with Gasteiger partial charge in [0.25, 0.3) is 5.56 Å². The summed E-state index contributed by atoms with van der Waals surface area (Å²) < 4.78 is 51.3. The molecule has 2 heterocycles. The van der Waals surface area contributed by atoms with Gasteiger partial charge in [-0.2, -0.15) is 4.31 Å². The molecule has 0 saturated carbocycles. The molecule has 1 N–H and O–H groups in total. The van der Waals surface area contributed by atoms with Crippen LogP contribution in [-0.4, -0.2) is 81.0 Å². The number of hydrogen-bond donors (Lipinski definition) is 1. The molecule has 0 bridgehead atoms. The van der Waals surface area contributed by atoms with Crippen molar-refractivity contribution in [3.63, 3.8) is 0 Å². The number of halogens is 1. The van der Waals surface area contributed by atoms with E-state index in [4.69, 9.17) is 18.6 Å². The molecule has 13 nitrogen and oxygen atoms in total. The average Bonchev–Trinajstić information content (AvgIpc) is 3.36. The lowest BCUT2D eigenvalue weighted by atomic mass is 10.2. The molecule has 0 radical (unpaired) electrons. The molecular weight excluding hydrogens is 690 g/mol. The Morgan fingerprint density at radius 3 is 2.33 bits per heavy atom. The zero-order chi connectivity index (χ0) is 33.4. The molecule has 0 amide bonds. The summed E-state index contributed by atoms with van der Waals surface area (Å²) >= 11 is 3.12. The summed E-state index contributed by atoms with van der Waals surface area (Å²) in [6.07, 6.45) is 2.46. The number of aromatic amines is 1. The topological polar surface area (TPSA) is 163 Å². The molecule has 1 aromatic carbocycles. The lowest BCUT2D eigenvalue weighted by molar-refractivity contribution is -0.153. The highest BCUT2D eigenvalue weighted by atomic mass is 79.9. The fourth-order valence-electron chi connectivity index (χ4n) is 4.69. The molecule has 2 aromatic rings. The molecule has 16 heteroatoms. The van der Waals surface area contributed by atoms with Crippen molar-refractivity contribution in [1.29, 1.82) is 0 Å². The van der Waals surface area contributed by atoms with Crippen LogP contribution < -0.4 is 11.2 Å². The molecule has 45 heavy (non-hydrogen) atoms. The number of carbonyl (C=O) groups is 2. The number of benzene rings is 1. The fraction of sp³-hybridized carbons (Fsp3) is 0.517. The third-order valence-electron chi connectivity index (χ3n) is 6.64. The zero-order valence-electron chi connectivity index (χ0n) is 26.0. The van der Waals surface area contributed by atoms with Gasteiger partial charge in [-0.05, 0) is 67.8 Å². The Balaban J connectivity index is 1.62. The van der Waals surface area contributed by atoms with Gasteiger partial charge in [0.2, 0.25) is 10.0 Å². The number of rotatable bonds is 15. The van der Waals surface area contributed by atoms with E-state index in [1.54, 1.807) is 0 Å². The third-order valence-corrected chi connectivity index (χ3v) is 9.82. The number of carbonyl (C=O) groups excluding carboxylic acids is 2. The van der Waals surface area contributed by atoms with Crippen LogP contribution in [0.25, 0.3) is 6.08 Å². The molecule has 0 spiro atoms. The van der Waals surface area contributed by atoms with Gasteiger partial charge in [-0.25, -0.2) is 22.8 Å². The summed E-state index contributed by atoms with van der Waals surface area (Å²) in [4.78, 5) is 53.5. The molecule has 1 aromatic heterocycles. The van der Waals surface area contributed by atoms with Gasteiger partial charge in [0.15, 0.2) is 14.9 Å². The van der Waals surface area contributed by atoms with E-state index in [-0.39, 0.29) is 29.1 Å². The second-order valence-corrected chi connectivity index (χ2v) is 18.3. The van der Waals surface area contributed by atoms with Crippen molar-refractivity contribution in [3.05, 3.63) is 67.4 Å². The van der Waals surface area contributed by atoms with Crippen molar-refractivity contribution >= 4 is 52.3 Å². The molecule has 3 atom stereocenters. The van der Waals surface area contributed by atoms with E-state index in [1.807, 2.05) is 33.5 Å². The van der Waals surface area contributed by atoms with Crippen molar-refractivity contribution in [2.45, 2.75) is 76.1 Å². The van der Waals surface area contributed by atoms with Crippen LogP contribution in [-0.2, 0) is 33.5 Å². The van der Waals surface area contributed by atoms with Gasteiger partial charge in [-0.1, -0.05) is 29.8 Å². The van der Waals surface area contributed by atoms with Gasteiger partial charge in [-0.15, -0.1) is 0 Å². The van der Waals surface area contributed by atoms with Gasteiger partial charge in [0.05, 0.1) is 22.1 Å². The summed E-state index contributed by atoms with van der Waals surface area (Å²) in [5.41, 5.74) is -0.893. The lowest BCUT2D eigenvalue weighted by Crippen LogP contribution is -2.39. The minimum atomic E-state index is -3.71. The molecule has 1 aliphatic heterocycles. The number of nitrogens with one attached hydrogen (secondary N) is 1. The van der Waals surface area contributed by atoms with Gasteiger partial charge < -0.3 is 18.6 Å². The minimum absolute atomic E-state index is 0.0604. The van der Waals surface area contributed by atoms with Crippen molar-refractivity contribution in [2.75, 3.05) is 26.3 Å². The first-order valence-corrected chi connectivity index (χ1v) is 20.3. The molecule has 0 aliphatic carbocycles. The first-order chi connectivity index (χ1) is 21.2. The van der Waals surface area contributed by atoms with Crippen molar-refractivity contribution in [1.82, 2.24) is 13.9 Å². The Hall–Kier alpha value is -2.89. The first kappa shape index (κ1) is 36.6. The number of aromatic nitrogens is 2. The monoisotopic (exact) mass is 729 g/mol. The average molecular weight is 731 g/mol. The van der Waals surface area contributed by atoms with E-state index in [2.05, 4.69) is 20.9 Å². The first-order valence-electron chi connectivity index (χ1n) is 14.6. The SMILES string of the molecule is CCCN(CCC)S(=O)(=O)c1ccc(C(=O)OCC(=O)OC[C@@H]2O[C@H](n3cc(/C=C/Br)c(=O)[nH]c3=O)CC2O[Si](C)(C)C)cc1. The highest BCUT2D eigenvalue weighted by Gasteiger charge is 2.40. The predicted octanol–water partition coefficient (Wildman–Crippen LogP) is 3.62. The van der Waals surface area contributed by atoms with Crippen molar-refractivity contribution < 1.29 is 36.6 Å². The number of nitrogens with zero attached hydrogens (tertiary/aromatic N) is 2. The smallest absolute Gasteiger partial charge is 0.344 e. The number of hydrogen-bond acceptors (Lipinski definition) is 10. The van der Waals surface area contributed by atoms with Crippen LogP contribution in [0.4, 0.5) is 0 Å². The summed E-state index contributed by atoms with van der Waals surface area (Å²) in [5.74, 6) is -1.65. The van der Waals surface area contributed by atoms with Crippen LogP contribution in [0.2, 0.25) is 19.6 Å². The van der Waals surface area contributed by atoms with Crippen LogP contribution in [0, 0.1) is 0 Å². The van der Waals surface area contributed by atoms with E-state index in [9.17, 15) is 27.6 Å². The Morgan fingerprint density at radius 2 is 1.76 bits per heavy atom. The maximum atomic E-state index is 13.0. The van der Waals surface area contributed by atoms with Crippen LogP contribution in [0.15, 0.2) is 49.9 Å². The molecule has 1 aliphatic rings. The van der Waals surface area contributed by atoms with E-state index in [1.165, 1.54) is 50.4 Å². The van der Waals surface area contributed by atoms with E-state index >= 15 is 0 Å². The number of H-pyrrole nitrogens is 1. The summed E-state index contributed by atoms with van der Waals surface area (Å²) in [5, 5.41) is 0. The maximum absolute atomic E-state index is 13.0. The quantitative estimate of drug-likeness (QED) is 0.212. The van der Waals surface area contributed by atoms with Crippen molar-refractivity contribution in [3.8, 4) is 0 Å². The van der Waals surface area contributed by atoms with Gasteiger partial charge >= 0.3 is 17.6 Å². The van der Waals surface area contributed by atoms with Gasteiger partial charge in [-0.3, -0.25) is 14.3 Å². The van der Waals surface area contributed by atoms with E-state index < -0.39 is 66.6 Å². The largest absolute Gasteiger partial charge is 0.460 e. The summed E-state index contributed by atoms with van der Waals surface area (Å²) in [7, 11) is -5.80. The molecule has 1 saturated heterocycles. The molecule has 3 rings (SSSR count). The normalized spacial score (nSPS) is 18.9. The second kappa shape index (κ2) is 16.1. The standard InChI is InChI=1S/C29H40BrN3O10SSi/c1-6-14-32(15-7-2)44(38,39)22-10-8-20(9-11-22)28(36)41-19-26(34)40-18-24-23(43-45(3,4)5)16-25(42-24)33-17-21(12-13-30)27(35)31-29(33)37/h8-13,17,23-25H,6-7,14-16,18-19H2,1-5H3,(H,31,35,37)/b13-12+/t23?,24-,25-/m0/s1. The van der Waals surface area contributed by atoms with E-state index in [0.29, 0.717) is 25.9 Å². The van der Waals surface area contributed by atoms with E-state index in [0.717, 1.165) is 0 Å². The van der Waals surface area contributed by atoms with Crippen LogP contribution in [0.3, 0.4) is 0 Å². The predicted molar refractivity (Wildman–Crippen MR) is 173 cm³/mol. The molecule has 1 unspecified atom stereocenters. The summed E-state index contributed by atoms with van der Waals surface area (Å²) in [6, 6.07) is 5.34. The second-order valence-electron chi connectivity index (χ2n) is 11.4. The molecular formula is C29H40BrN3O10SSi. The molecule has 1 fully saturated rings. The number of esters is 2. The summed E-state index contributed by atoms with van der Waals surface area (Å²) in [6.45, 7) is 9.63. The highest BCUT2D eigenvalue weighted by molar-refractivity contribution is 9.11. The number of ether oxygens (including phenoxy) is 3. The minimum Gasteiger partial charge on any atom is -0.460 e. The van der Waals surface area contributed by atoms with Crippen LogP contribution in [0.1, 0.15) is 55.3 Å². The van der Waals surface area contributed by atoms with Crippen molar-refractivity contribution in [2.24, 2.45) is 0 Å². The lowest BCUT2D eigenvalue weighted by Gasteiger charge is -2.26.